The van der Waals surface area contributed by atoms with Gasteiger partial charge in [0.2, 0.25) is 10.0 Å². The summed E-state index contributed by atoms with van der Waals surface area (Å²) < 4.78 is 45.1. The van der Waals surface area contributed by atoms with E-state index in [0.717, 1.165) is 16.4 Å². The highest BCUT2D eigenvalue weighted by Crippen LogP contribution is 2.27. The number of carboxylic acid groups (broad SMARTS) is 1. The summed E-state index contributed by atoms with van der Waals surface area (Å²) in [5.74, 6) is -2.78. The number of ether oxygens (including phenoxy) is 1. The summed E-state index contributed by atoms with van der Waals surface area (Å²) in [5, 5.41) is 8.90. The molecule has 0 unspecified atom stereocenters. The first-order valence-electron chi connectivity index (χ1n) is 5.64. The fourth-order valence-corrected chi connectivity index (χ4v) is 3.96. The molecule has 110 valence electrons. The zero-order valence-corrected chi connectivity index (χ0v) is 12.6. The van der Waals surface area contributed by atoms with Crippen LogP contribution in [-0.4, -0.2) is 50.1 Å². The van der Waals surface area contributed by atoms with Crippen LogP contribution in [0, 0.1) is 5.82 Å². The van der Waals surface area contributed by atoms with Crippen molar-refractivity contribution in [3.05, 3.63) is 28.0 Å². The van der Waals surface area contributed by atoms with Crippen LogP contribution in [0.2, 0.25) is 0 Å². The average Bonchev–Trinajstić information content (AvgIpc) is 2.41. The number of sulfonamides is 1. The van der Waals surface area contributed by atoms with E-state index < -0.39 is 32.3 Å². The van der Waals surface area contributed by atoms with Crippen molar-refractivity contribution in [3.63, 3.8) is 0 Å². The summed E-state index contributed by atoms with van der Waals surface area (Å²) >= 11 is 2.99. The molecule has 1 heterocycles. The smallest absolute Gasteiger partial charge is 0.338 e. The number of morpholine rings is 1. The molecule has 0 radical (unpaired) electrons. The Morgan fingerprint density at radius 1 is 1.35 bits per heavy atom. The number of halogens is 2. The van der Waals surface area contributed by atoms with E-state index in [1.165, 1.54) is 0 Å². The van der Waals surface area contributed by atoms with Crippen LogP contribution in [0.1, 0.15) is 10.4 Å². The fraction of sp³-hybridized carbons (Fsp3) is 0.364. The summed E-state index contributed by atoms with van der Waals surface area (Å²) in [6.07, 6.45) is 0. The first-order valence-corrected chi connectivity index (χ1v) is 7.87. The Labute approximate surface area is 123 Å². The predicted molar refractivity (Wildman–Crippen MR) is 70.6 cm³/mol. The maximum atomic E-state index is 14.1. The number of hydrogen-bond acceptors (Lipinski definition) is 4. The van der Waals surface area contributed by atoms with Crippen molar-refractivity contribution in [1.82, 2.24) is 4.31 Å². The number of rotatable bonds is 3. The molecule has 0 atom stereocenters. The topological polar surface area (TPSA) is 83.9 Å². The lowest BCUT2D eigenvalue weighted by Gasteiger charge is -2.26. The van der Waals surface area contributed by atoms with E-state index in [1.54, 1.807) is 0 Å². The lowest BCUT2D eigenvalue weighted by atomic mass is 10.2. The van der Waals surface area contributed by atoms with Crippen LogP contribution in [0.25, 0.3) is 0 Å². The molecule has 0 aliphatic carbocycles. The summed E-state index contributed by atoms with van der Waals surface area (Å²) in [7, 11) is -4.09. The number of nitrogens with zero attached hydrogens (tertiary/aromatic N) is 1. The van der Waals surface area contributed by atoms with Gasteiger partial charge in [-0.25, -0.2) is 17.6 Å². The quantitative estimate of drug-likeness (QED) is 0.870. The molecule has 0 spiro atoms. The molecule has 2 rings (SSSR count). The molecule has 0 saturated carbocycles. The van der Waals surface area contributed by atoms with Crippen molar-refractivity contribution in [2.24, 2.45) is 0 Å². The molecule has 9 heteroatoms. The van der Waals surface area contributed by atoms with Gasteiger partial charge in [-0.1, -0.05) is 15.9 Å². The van der Waals surface area contributed by atoms with Gasteiger partial charge < -0.3 is 9.84 Å². The number of carboxylic acids is 1. The number of hydrogen-bond donors (Lipinski definition) is 1. The van der Waals surface area contributed by atoms with E-state index in [9.17, 15) is 17.6 Å². The summed E-state index contributed by atoms with van der Waals surface area (Å²) in [6, 6.07) is 2.09. The first-order chi connectivity index (χ1) is 9.34. The number of benzene rings is 1. The lowest BCUT2D eigenvalue weighted by Crippen LogP contribution is -2.41. The molecule has 0 bridgehead atoms. The second kappa shape index (κ2) is 5.76. The second-order valence-electron chi connectivity index (χ2n) is 4.09. The highest BCUT2D eigenvalue weighted by atomic mass is 79.9. The molecule has 0 amide bonds. The van der Waals surface area contributed by atoms with Crippen molar-refractivity contribution in [3.8, 4) is 0 Å². The normalized spacial score (nSPS) is 17.1. The molecule has 1 saturated heterocycles. The van der Waals surface area contributed by atoms with Crippen molar-refractivity contribution < 1.29 is 27.4 Å². The van der Waals surface area contributed by atoms with Crippen LogP contribution in [0.5, 0.6) is 0 Å². The van der Waals surface area contributed by atoms with Crippen molar-refractivity contribution in [1.29, 1.82) is 0 Å². The van der Waals surface area contributed by atoms with E-state index in [2.05, 4.69) is 15.9 Å². The highest BCUT2D eigenvalue weighted by molar-refractivity contribution is 9.10. The average molecular weight is 368 g/mol. The summed E-state index contributed by atoms with van der Waals surface area (Å²) in [5.41, 5.74) is -0.689. The molecule has 1 aromatic rings. The van der Waals surface area contributed by atoms with Crippen LogP contribution in [-0.2, 0) is 14.8 Å². The maximum absolute atomic E-state index is 14.1. The minimum Gasteiger partial charge on any atom is -0.478 e. The van der Waals surface area contributed by atoms with E-state index in [-0.39, 0.29) is 30.8 Å². The van der Waals surface area contributed by atoms with Gasteiger partial charge in [0, 0.05) is 17.6 Å². The van der Waals surface area contributed by atoms with Gasteiger partial charge in [-0.2, -0.15) is 4.31 Å². The van der Waals surface area contributed by atoms with Crippen molar-refractivity contribution in [2.45, 2.75) is 4.90 Å². The first kappa shape index (κ1) is 15.4. The standard InChI is InChI=1S/C11H11BrFNO5S/c12-7-5-8(11(15)16)10(13)9(6-7)20(17,18)14-1-3-19-4-2-14/h5-6H,1-4H2,(H,15,16). The molecule has 1 aliphatic heterocycles. The molecular weight excluding hydrogens is 357 g/mol. The fourth-order valence-electron chi connectivity index (χ4n) is 1.83. The van der Waals surface area contributed by atoms with Crippen LogP contribution in [0.15, 0.2) is 21.5 Å². The maximum Gasteiger partial charge on any atom is 0.338 e. The zero-order chi connectivity index (χ0) is 14.9. The van der Waals surface area contributed by atoms with Gasteiger partial charge in [0.1, 0.15) is 4.90 Å². The van der Waals surface area contributed by atoms with Gasteiger partial charge in [-0.3, -0.25) is 0 Å². The Balaban J connectivity index is 2.53. The van der Waals surface area contributed by atoms with E-state index >= 15 is 0 Å². The Kier molecular flexibility index (Phi) is 4.43. The van der Waals surface area contributed by atoms with Crippen LogP contribution in [0.3, 0.4) is 0 Å². The van der Waals surface area contributed by atoms with Crippen LogP contribution >= 0.6 is 15.9 Å². The molecule has 1 fully saturated rings. The largest absolute Gasteiger partial charge is 0.478 e. The lowest BCUT2D eigenvalue weighted by molar-refractivity contribution is 0.0689. The summed E-state index contributed by atoms with van der Waals surface area (Å²) in [4.78, 5) is 10.3. The van der Waals surface area contributed by atoms with Crippen LogP contribution in [0.4, 0.5) is 4.39 Å². The minimum atomic E-state index is -4.09. The van der Waals surface area contributed by atoms with Gasteiger partial charge >= 0.3 is 5.97 Å². The third-order valence-electron chi connectivity index (χ3n) is 2.82. The third-order valence-corrected chi connectivity index (χ3v) is 5.18. The van der Waals surface area contributed by atoms with E-state index in [4.69, 9.17) is 9.84 Å². The molecule has 1 N–H and O–H groups in total. The van der Waals surface area contributed by atoms with E-state index in [1.807, 2.05) is 0 Å². The Morgan fingerprint density at radius 3 is 2.50 bits per heavy atom. The predicted octanol–water partition coefficient (Wildman–Crippen LogP) is 1.31. The van der Waals surface area contributed by atoms with Gasteiger partial charge in [0.05, 0.1) is 18.8 Å². The molecular formula is C11H11BrFNO5S. The summed E-state index contributed by atoms with van der Waals surface area (Å²) in [6.45, 7) is 0.661. The van der Waals surface area contributed by atoms with Gasteiger partial charge in [-0.15, -0.1) is 0 Å². The monoisotopic (exact) mass is 367 g/mol. The second-order valence-corrected chi connectivity index (χ2v) is 6.91. The molecule has 20 heavy (non-hydrogen) atoms. The SMILES string of the molecule is O=C(O)c1cc(Br)cc(S(=O)(=O)N2CCOCC2)c1F. The Bertz CT molecular complexity index is 642. The van der Waals surface area contributed by atoms with Gasteiger partial charge in [0.15, 0.2) is 5.82 Å². The third kappa shape index (κ3) is 2.85. The van der Waals surface area contributed by atoms with E-state index in [0.29, 0.717) is 0 Å². The highest BCUT2D eigenvalue weighted by Gasteiger charge is 2.31. The van der Waals surface area contributed by atoms with Crippen molar-refractivity contribution >= 4 is 31.9 Å². The Hall–Kier alpha value is -1.03. The number of aromatic carboxylic acids is 1. The Morgan fingerprint density at radius 2 is 1.95 bits per heavy atom. The minimum absolute atomic E-state index is 0.108. The number of carbonyl (C=O) groups is 1. The molecule has 1 aromatic carbocycles. The van der Waals surface area contributed by atoms with Gasteiger partial charge in [-0.05, 0) is 12.1 Å². The molecule has 1 aliphatic rings. The molecule has 6 nitrogen and oxygen atoms in total. The van der Waals surface area contributed by atoms with Gasteiger partial charge in [0.25, 0.3) is 0 Å². The van der Waals surface area contributed by atoms with Crippen molar-refractivity contribution in [2.75, 3.05) is 26.3 Å². The molecule has 0 aromatic heterocycles. The van der Waals surface area contributed by atoms with Crippen LogP contribution < -0.4 is 0 Å². The zero-order valence-electron chi connectivity index (χ0n) is 10.2.